The summed E-state index contributed by atoms with van der Waals surface area (Å²) in [5.74, 6) is 1.09. The van der Waals surface area contributed by atoms with E-state index >= 15 is 0 Å². The van der Waals surface area contributed by atoms with Crippen molar-refractivity contribution in [3.63, 3.8) is 0 Å². The number of hydrogen-bond donors (Lipinski definition) is 1. The number of rotatable bonds is 8. The molecule has 1 heterocycles. The molecule has 4 rings (SSSR count). The number of esters is 1. The Kier molecular flexibility index (Phi) is 6.58. The minimum absolute atomic E-state index is 0.267. The van der Waals surface area contributed by atoms with Gasteiger partial charge in [0.05, 0.1) is 32.6 Å². The zero-order valence-electron chi connectivity index (χ0n) is 19.0. The first-order valence-electron chi connectivity index (χ1n) is 11.1. The Morgan fingerprint density at radius 3 is 2.22 bits per heavy atom. The molecule has 1 N–H and O–H groups in total. The van der Waals surface area contributed by atoms with Gasteiger partial charge in [-0.15, -0.1) is 0 Å². The Labute approximate surface area is 189 Å². The molecule has 0 radical (unpaired) electrons. The van der Waals surface area contributed by atoms with Gasteiger partial charge in [0.1, 0.15) is 23.8 Å². The summed E-state index contributed by atoms with van der Waals surface area (Å²) in [6.07, 6.45) is 7.63. The number of carbonyl (C=O) groups excluding carboxylic acids is 1. The largest absolute Gasteiger partial charge is 0.496 e. The predicted molar refractivity (Wildman–Crippen MR) is 123 cm³/mol. The van der Waals surface area contributed by atoms with E-state index in [1.165, 1.54) is 13.5 Å². The molecule has 2 aromatic carbocycles. The van der Waals surface area contributed by atoms with E-state index in [9.17, 15) is 4.79 Å². The maximum atomic E-state index is 12.6. The topological polar surface area (TPSA) is 66.0 Å². The van der Waals surface area contributed by atoms with E-state index in [1.54, 1.807) is 20.5 Å². The monoisotopic (exact) mass is 437 g/mol. The van der Waals surface area contributed by atoms with E-state index in [2.05, 4.69) is 5.32 Å². The van der Waals surface area contributed by atoms with Crippen molar-refractivity contribution in [2.75, 3.05) is 21.3 Å². The molecule has 1 aliphatic carbocycles. The molecular weight excluding hydrogens is 406 g/mol. The van der Waals surface area contributed by atoms with Gasteiger partial charge in [0.25, 0.3) is 0 Å². The summed E-state index contributed by atoms with van der Waals surface area (Å²) in [7, 11) is 4.70. The highest BCUT2D eigenvalue weighted by atomic mass is 16.5. The highest BCUT2D eigenvalue weighted by Crippen LogP contribution is 2.43. The van der Waals surface area contributed by atoms with Gasteiger partial charge in [-0.2, -0.15) is 0 Å². The molecule has 6 nitrogen and oxygen atoms in total. The number of hydrogen-bond acceptors (Lipinski definition) is 6. The van der Waals surface area contributed by atoms with Gasteiger partial charge < -0.3 is 24.3 Å². The first kappa shape index (κ1) is 22.1. The molecule has 1 saturated carbocycles. The molecule has 32 heavy (non-hydrogen) atoms. The maximum Gasteiger partial charge on any atom is 0.328 e. The summed E-state index contributed by atoms with van der Waals surface area (Å²) in [4.78, 5) is 12.6. The number of carbonyl (C=O) groups is 1. The van der Waals surface area contributed by atoms with Crippen LogP contribution in [0.2, 0.25) is 0 Å². The van der Waals surface area contributed by atoms with Gasteiger partial charge in [-0.3, -0.25) is 0 Å². The summed E-state index contributed by atoms with van der Waals surface area (Å²) in [5.41, 5.74) is 3.54. The van der Waals surface area contributed by atoms with E-state index < -0.39 is 6.04 Å². The minimum atomic E-state index is -0.536. The Balaban J connectivity index is 1.60. The lowest BCUT2D eigenvalue weighted by Gasteiger charge is -2.45. The zero-order valence-corrected chi connectivity index (χ0v) is 19.0. The predicted octanol–water partition coefficient (Wildman–Crippen LogP) is 4.62. The van der Waals surface area contributed by atoms with Crippen LogP contribution in [0.3, 0.4) is 0 Å². The van der Waals surface area contributed by atoms with Crippen molar-refractivity contribution in [3.05, 3.63) is 60.0 Å². The van der Waals surface area contributed by atoms with Crippen LogP contribution in [0.25, 0.3) is 11.1 Å². The summed E-state index contributed by atoms with van der Waals surface area (Å²) in [5, 5.41) is 3.41. The van der Waals surface area contributed by atoms with Crippen molar-refractivity contribution in [2.45, 2.75) is 50.2 Å². The Morgan fingerprint density at radius 1 is 1.03 bits per heavy atom. The standard InChI is InChI=1S/C26H31NO5/c1-29-21-15-18(16-22(30-2)24(21)19-10-6-4-7-11-19)14-20(25(28)31-3)27-23-17-32-26(23)12-8-5-9-13-26/h4,6-7,10-11,15-17,20,27H,5,8-9,12-14H2,1-3H3/t20-/m0/s1. The van der Waals surface area contributed by atoms with Gasteiger partial charge in [0, 0.05) is 6.42 Å². The zero-order chi connectivity index (χ0) is 22.6. The van der Waals surface area contributed by atoms with Crippen LogP contribution < -0.4 is 14.8 Å². The molecule has 2 aromatic rings. The number of benzene rings is 2. The number of ether oxygens (including phenoxy) is 4. The van der Waals surface area contributed by atoms with Crippen LogP contribution in [0, 0.1) is 0 Å². The summed E-state index contributed by atoms with van der Waals surface area (Å²) < 4.78 is 22.4. The lowest BCUT2D eigenvalue weighted by atomic mass is 9.80. The number of nitrogens with one attached hydrogen (secondary N) is 1. The van der Waals surface area contributed by atoms with Gasteiger partial charge >= 0.3 is 5.97 Å². The van der Waals surface area contributed by atoms with Gasteiger partial charge in [0.2, 0.25) is 0 Å². The van der Waals surface area contributed by atoms with Crippen LogP contribution in [0.15, 0.2) is 54.4 Å². The molecule has 0 aromatic heterocycles. The van der Waals surface area contributed by atoms with Crippen LogP contribution in [-0.2, 0) is 20.7 Å². The summed E-state index contributed by atoms with van der Waals surface area (Å²) in [6.45, 7) is 0. The summed E-state index contributed by atoms with van der Waals surface area (Å²) in [6, 6.07) is 13.4. The Bertz CT molecular complexity index is 954. The Hall–Kier alpha value is -3.15. The SMILES string of the molecule is COC(=O)[C@H](Cc1cc(OC)c(-c2ccccc2)c(OC)c1)NC1=COC12CCCCC2. The summed E-state index contributed by atoms with van der Waals surface area (Å²) >= 11 is 0. The van der Waals surface area contributed by atoms with E-state index in [-0.39, 0.29) is 11.6 Å². The van der Waals surface area contributed by atoms with Crippen molar-refractivity contribution < 1.29 is 23.7 Å². The van der Waals surface area contributed by atoms with Crippen molar-refractivity contribution >= 4 is 5.97 Å². The maximum absolute atomic E-state index is 12.6. The highest BCUT2D eigenvalue weighted by molar-refractivity contribution is 5.79. The van der Waals surface area contributed by atoms with Crippen LogP contribution in [0.4, 0.5) is 0 Å². The molecule has 170 valence electrons. The fourth-order valence-electron chi connectivity index (χ4n) is 4.69. The van der Waals surface area contributed by atoms with E-state index in [0.29, 0.717) is 17.9 Å². The minimum Gasteiger partial charge on any atom is -0.496 e. The molecule has 1 aliphatic heterocycles. The van der Waals surface area contributed by atoms with Crippen molar-refractivity contribution in [1.29, 1.82) is 0 Å². The molecule has 0 saturated heterocycles. The molecule has 0 bridgehead atoms. The second-order valence-corrected chi connectivity index (χ2v) is 8.37. The fourth-order valence-corrected chi connectivity index (χ4v) is 4.69. The average molecular weight is 438 g/mol. The van der Waals surface area contributed by atoms with Crippen molar-refractivity contribution in [1.82, 2.24) is 5.32 Å². The Morgan fingerprint density at radius 2 is 1.69 bits per heavy atom. The molecule has 1 atom stereocenters. The quantitative estimate of drug-likeness (QED) is 0.608. The van der Waals surface area contributed by atoms with Gasteiger partial charge in [0.15, 0.2) is 5.60 Å². The van der Waals surface area contributed by atoms with Gasteiger partial charge in [-0.25, -0.2) is 4.79 Å². The molecule has 1 fully saturated rings. The number of methoxy groups -OCH3 is 3. The second-order valence-electron chi connectivity index (χ2n) is 8.37. The third-order valence-electron chi connectivity index (χ3n) is 6.44. The fraction of sp³-hybridized carbons (Fsp3) is 0.423. The second kappa shape index (κ2) is 9.55. The van der Waals surface area contributed by atoms with E-state index in [1.807, 2.05) is 42.5 Å². The van der Waals surface area contributed by atoms with Crippen LogP contribution >= 0.6 is 0 Å². The molecule has 0 amide bonds. The smallest absolute Gasteiger partial charge is 0.328 e. The van der Waals surface area contributed by atoms with Crippen LogP contribution in [0.1, 0.15) is 37.7 Å². The van der Waals surface area contributed by atoms with E-state index in [4.69, 9.17) is 18.9 Å². The molecule has 1 spiro atoms. The van der Waals surface area contributed by atoms with Crippen molar-refractivity contribution in [3.8, 4) is 22.6 Å². The van der Waals surface area contributed by atoms with Crippen LogP contribution in [0.5, 0.6) is 11.5 Å². The lowest BCUT2D eigenvalue weighted by Crippen LogP contribution is -2.52. The highest BCUT2D eigenvalue weighted by Gasteiger charge is 2.45. The van der Waals surface area contributed by atoms with E-state index in [0.717, 1.165) is 48.1 Å². The lowest BCUT2D eigenvalue weighted by molar-refractivity contribution is -0.143. The average Bonchev–Trinajstić information content (AvgIpc) is 2.85. The van der Waals surface area contributed by atoms with Crippen LogP contribution in [-0.4, -0.2) is 38.9 Å². The van der Waals surface area contributed by atoms with Gasteiger partial charge in [-0.1, -0.05) is 36.8 Å². The third-order valence-corrected chi connectivity index (χ3v) is 6.44. The first-order valence-corrected chi connectivity index (χ1v) is 11.1. The first-order chi connectivity index (χ1) is 15.6. The third kappa shape index (κ3) is 4.27. The molecule has 6 heteroatoms. The molecule has 0 unspecified atom stereocenters. The van der Waals surface area contributed by atoms with Crippen molar-refractivity contribution in [2.24, 2.45) is 0 Å². The normalized spacial score (nSPS) is 17.4. The van der Waals surface area contributed by atoms with Gasteiger partial charge in [-0.05, 0) is 48.9 Å². The molecule has 2 aliphatic rings. The molecular formula is C26H31NO5.